The topological polar surface area (TPSA) is 83.9 Å². The second-order valence-electron chi connectivity index (χ2n) is 7.80. The first-order valence-corrected chi connectivity index (χ1v) is 10.4. The first-order chi connectivity index (χ1) is 14.4. The van der Waals surface area contributed by atoms with Crippen molar-refractivity contribution in [3.63, 3.8) is 0 Å². The van der Waals surface area contributed by atoms with Crippen LogP contribution in [0.3, 0.4) is 0 Å². The zero-order valence-electron chi connectivity index (χ0n) is 17.0. The van der Waals surface area contributed by atoms with Gasteiger partial charge in [0, 0.05) is 25.3 Å². The highest BCUT2D eigenvalue weighted by atomic mass is 31.0. The fraction of sp³-hybridized carbons (Fsp3) is 0.381. The molecule has 8 nitrogen and oxygen atoms in total. The lowest BCUT2D eigenvalue weighted by Gasteiger charge is -2.49. The average Bonchev–Trinajstić information content (AvgIpc) is 2.75. The number of aromatic nitrogens is 1. The predicted molar refractivity (Wildman–Crippen MR) is 115 cm³/mol. The van der Waals surface area contributed by atoms with Gasteiger partial charge in [-0.3, -0.25) is 19.3 Å². The summed E-state index contributed by atoms with van der Waals surface area (Å²) < 4.78 is 6.93. The number of amides is 2. The number of nitrogens with one attached hydrogen (secondary N) is 1. The Balaban J connectivity index is 1.70. The summed E-state index contributed by atoms with van der Waals surface area (Å²) in [7, 11) is 4.00. The van der Waals surface area contributed by atoms with Gasteiger partial charge in [-0.15, -0.1) is 0 Å². The summed E-state index contributed by atoms with van der Waals surface area (Å²) in [5.74, 6) is -0.866. The van der Waals surface area contributed by atoms with Gasteiger partial charge in [0.1, 0.15) is 11.7 Å². The highest BCUT2D eigenvalue weighted by Gasteiger charge is 2.42. The van der Waals surface area contributed by atoms with E-state index in [1.165, 1.54) is 6.20 Å². The molecule has 1 aromatic carbocycles. The van der Waals surface area contributed by atoms with Crippen molar-refractivity contribution in [3.8, 4) is 5.75 Å². The summed E-state index contributed by atoms with van der Waals surface area (Å²) in [6.45, 7) is 3.65. The van der Waals surface area contributed by atoms with Gasteiger partial charge in [-0.2, -0.15) is 0 Å². The third-order valence-corrected chi connectivity index (χ3v) is 6.13. The number of pyridine rings is 1. The van der Waals surface area contributed by atoms with Gasteiger partial charge in [-0.1, -0.05) is 30.3 Å². The van der Waals surface area contributed by atoms with Crippen molar-refractivity contribution >= 4 is 21.3 Å². The lowest BCUT2D eigenvalue weighted by atomic mass is 10.0. The van der Waals surface area contributed by atoms with Crippen molar-refractivity contribution in [2.24, 2.45) is 0 Å². The van der Waals surface area contributed by atoms with Crippen molar-refractivity contribution in [3.05, 3.63) is 63.6 Å². The zero-order valence-corrected chi connectivity index (χ0v) is 18.2. The number of hydrogen-bond acceptors (Lipinski definition) is 5. The summed E-state index contributed by atoms with van der Waals surface area (Å²) in [6, 6.07) is 9.51. The maximum Gasteiger partial charge on any atom is 0.276 e. The Kier molecular flexibility index (Phi) is 5.62. The summed E-state index contributed by atoms with van der Waals surface area (Å²) >= 11 is 0. The van der Waals surface area contributed by atoms with E-state index in [0.29, 0.717) is 13.1 Å². The van der Waals surface area contributed by atoms with Gasteiger partial charge in [0.2, 0.25) is 5.43 Å². The second-order valence-corrected chi connectivity index (χ2v) is 8.04. The van der Waals surface area contributed by atoms with Crippen LogP contribution in [0.25, 0.3) is 0 Å². The largest absolute Gasteiger partial charge is 0.474 e. The monoisotopic (exact) mass is 428 g/mol. The Labute approximate surface area is 177 Å². The van der Waals surface area contributed by atoms with Gasteiger partial charge in [0.25, 0.3) is 11.8 Å². The van der Waals surface area contributed by atoms with Crippen LogP contribution < -0.4 is 15.3 Å². The minimum absolute atomic E-state index is 0.0418. The van der Waals surface area contributed by atoms with E-state index in [9.17, 15) is 14.4 Å². The third kappa shape index (κ3) is 3.50. The second kappa shape index (κ2) is 8.20. The van der Waals surface area contributed by atoms with E-state index >= 15 is 0 Å². The van der Waals surface area contributed by atoms with Gasteiger partial charge in [0.05, 0.1) is 16.0 Å². The molecular weight excluding hydrogens is 403 g/mol. The van der Waals surface area contributed by atoms with E-state index in [0.717, 1.165) is 18.5 Å². The van der Waals surface area contributed by atoms with Crippen LogP contribution in [-0.4, -0.2) is 52.0 Å². The minimum Gasteiger partial charge on any atom is -0.474 e. The van der Waals surface area contributed by atoms with Crippen molar-refractivity contribution in [2.45, 2.75) is 38.6 Å². The van der Waals surface area contributed by atoms with Gasteiger partial charge in [0.15, 0.2) is 11.4 Å². The van der Waals surface area contributed by atoms with Crippen LogP contribution in [0, 0.1) is 0 Å². The molecular formula is C21H25N4O4P. The molecule has 3 atom stereocenters. The van der Waals surface area contributed by atoms with Crippen molar-refractivity contribution in [1.29, 1.82) is 0 Å². The van der Waals surface area contributed by atoms with Gasteiger partial charge in [-0.25, -0.2) is 0 Å². The first-order valence-electron chi connectivity index (χ1n) is 9.91. The van der Waals surface area contributed by atoms with Crippen LogP contribution in [0.15, 0.2) is 41.3 Å². The van der Waals surface area contributed by atoms with Gasteiger partial charge < -0.3 is 19.3 Å². The Hall–Kier alpha value is -2.70. The van der Waals surface area contributed by atoms with E-state index < -0.39 is 11.3 Å². The number of likely N-dealkylation sites (N-methyl/N-ethyl adjacent to an activating group) is 1. The minimum atomic E-state index is -0.591. The molecule has 1 saturated heterocycles. The average molecular weight is 428 g/mol. The molecule has 2 amide bonds. The molecule has 1 fully saturated rings. The van der Waals surface area contributed by atoms with E-state index in [1.807, 2.05) is 53.8 Å². The van der Waals surface area contributed by atoms with E-state index in [1.54, 1.807) is 9.47 Å². The molecule has 0 bridgehead atoms. The standard InChI is InChI=1S/C21H25N4O4P/c1-13-8-9-23(2)16-12-24-11-15(20(27)22-10-14-6-4-3-5-7-14)18(26)19(29-30)17(24)21(28)25(13)16/h3-7,11,13,16H,8-10,12,30H2,1-2H3,(H,22,27)/t13-,16-/m1/s1. The van der Waals surface area contributed by atoms with Crippen LogP contribution >= 0.6 is 9.47 Å². The van der Waals surface area contributed by atoms with Crippen LogP contribution in [0.5, 0.6) is 5.75 Å². The highest BCUT2D eigenvalue weighted by Crippen LogP contribution is 2.31. The van der Waals surface area contributed by atoms with Crippen molar-refractivity contribution in [2.75, 3.05) is 13.6 Å². The molecule has 1 aromatic heterocycles. The molecule has 2 aliphatic heterocycles. The molecule has 0 radical (unpaired) electrons. The number of rotatable bonds is 4. The summed E-state index contributed by atoms with van der Waals surface area (Å²) in [5, 5.41) is 2.78. The zero-order chi connectivity index (χ0) is 21.4. The Morgan fingerprint density at radius 3 is 2.70 bits per heavy atom. The quantitative estimate of drug-likeness (QED) is 0.746. The summed E-state index contributed by atoms with van der Waals surface area (Å²) in [6.07, 6.45) is 2.21. The number of hydrogen-bond donors (Lipinski definition) is 1. The molecule has 2 aliphatic rings. The summed E-state index contributed by atoms with van der Waals surface area (Å²) in [4.78, 5) is 43.0. The Morgan fingerprint density at radius 1 is 1.27 bits per heavy atom. The SMILES string of the molecule is C[C@@H]1CCN(C)[C@H]2Cn3cc(C(=O)NCc4ccccc4)c(=O)c(OP)c3C(=O)N12. The normalized spacial score (nSPS) is 21.0. The van der Waals surface area contributed by atoms with Gasteiger partial charge >= 0.3 is 0 Å². The Morgan fingerprint density at radius 2 is 2.00 bits per heavy atom. The van der Waals surface area contributed by atoms with E-state index in [4.69, 9.17) is 4.52 Å². The van der Waals surface area contributed by atoms with Crippen molar-refractivity contribution < 1.29 is 14.1 Å². The number of carbonyl (C=O) groups excluding carboxylic acids is 2. The van der Waals surface area contributed by atoms with E-state index in [-0.39, 0.29) is 35.1 Å². The number of benzene rings is 1. The molecule has 3 heterocycles. The van der Waals surface area contributed by atoms with E-state index in [2.05, 4.69) is 10.2 Å². The molecule has 158 valence electrons. The smallest absolute Gasteiger partial charge is 0.276 e. The molecule has 0 aliphatic carbocycles. The lowest BCUT2D eigenvalue weighted by Crippen LogP contribution is -2.62. The molecule has 4 rings (SSSR count). The van der Waals surface area contributed by atoms with Crippen LogP contribution in [-0.2, 0) is 13.1 Å². The number of carbonyl (C=O) groups is 2. The van der Waals surface area contributed by atoms with Crippen LogP contribution in [0.1, 0.15) is 39.8 Å². The third-order valence-electron chi connectivity index (χ3n) is 5.90. The molecule has 0 saturated carbocycles. The van der Waals surface area contributed by atoms with Crippen LogP contribution in [0.2, 0.25) is 0 Å². The molecule has 9 heteroatoms. The van der Waals surface area contributed by atoms with Crippen LogP contribution in [0.4, 0.5) is 0 Å². The highest BCUT2D eigenvalue weighted by molar-refractivity contribution is 7.10. The summed E-state index contributed by atoms with van der Waals surface area (Å²) in [5.41, 5.74) is 0.481. The molecule has 30 heavy (non-hydrogen) atoms. The molecule has 1 unspecified atom stereocenters. The maximum absolute atomic E-state index is 13.3. The van der Waals surface area contributed by atoms with Crippen molar-refractivity contribution in [1.82, 2.24) is 19.7 Å². The number of nitrogens with zero attached hydrogens (tertiary/aromatic N) is 3. The maximum atomic E-state index is 13.3. The lowest BCUT2D eigenvalue weighted by molar-refractivity contribution is -0.0207. The fourth-order valence-electron chi connectivity index (χ4n) is 4.19. The Bertz CT molecular complexity index is 1040. The molecule has 1 N–H and O–H groups in total. The molecule has 2 aromatic rings. The fourth-order valence-corrected chi connectivity index (χ4v) is 4.41. The van der Waals surface area contributed by atoms with Gasteiger partial charge in [-0.05, 0) is 26.0 Å². The predicted octanol–water partition coefficient (Wildman–Crippen LogP) is 1.45. The first kappa shape index (κ1) is 20.6. The molecule has 0 spiro atoms. The number of fused-ring (bicyclic) bond motifs is 2.